The lowest BCUT2D eigenvalue weighted by Gasteiger charge is -2.35. The Labute approximate surface area is 197 Å². The molecule has 3 aromatic rings. The van der Waals surface area contributed by atoms with Gasteiger partial charge in [0.15, 0.2) is 0 Å². The van der Waals surface area contributed by atoms with E-state index in [1.54, 1.807) is 4.57 Å². The molecule has 0 N–H and O–H groups in total. The normalized spacial score (nSPS) is 18.1. The second-order valence-corrected chi connectivity index (χ2v) is 10.3. The fraction of sp³-hybridized carbons (Fsp3) is 0.500. The van der Waals surface area contributed by atoms with Crippen LogP contribution in [-0.2, 0) is 30.6 Å². The van der Waals surface area contributed by atoms with Gasteiger partial charge in [0.25, 0.3) is 5.56 Å². The third kappa shape index (κ3) is 3.76. The van der Waals surface area contributed by atoms with Crippen molar-refractivity contribution in [2.75, 3.05) is 6.54 Å². The lowest BCUT2D eigenvalue weighted by molar-refractivity contribution is -0.135. The molecule has 1 aliphatic heterocycles. The molecule has 0 saturated carbocycles. The van der Waals surface area contributed by atoms with Crippen molar-refractivity contribution in [2.45, 2.75) is 77.8 Å². The SMILES string of the molecule is CCc1ccc(-n2c(=O)c3c4c(sc3n(CC(=O)N3CCCC[C@H]3CC)c2=O)CCC4)cc1. The molecule has 3 heterocycles. The number of hydrogen-bond donors (Lipinski definition) is 0. The third-order valence-corrected chi connectivity index (χ3v) is 8.62. The third-order valence-electron chi connectivity index (χ3n) is 7.30. The maximum Gasteiger partial charge on any atom is 0.337 e. The first kappa shape index (κ1) is 22.1. The summed E-state index contributed by atoms with van der Waals surface area (Å²) in [5, 5.41) is 0.630. The van der Waals surface area contributed by atoms with Gasteiger partial charge in [-0.1, -0.05) is 26.0 Å². The van der Waals surface area contributed by atoms with Gasteiger partial charge in [-0.05, 0) is 74.6 Å². The number of aryl methyl sites for hydroxylation is 3. The molecule has 33 heavy (non-hydrogen) atoms. The molecule has 1 aromatic carbocycles. The van der Waals surface area contributed by atoms with Gasteiger partial charge in [0.05, 0.1) is 11.1 Å². The molecule has 174 valence electrons. The molecular formula is C26H31N3O3S. The summed E-state index contributed by atoms with van der Waals surface area (Å²) in [5.41, 5.74) is 2.11. The van der Waals surface area contributed by atoms with Crippen LogP contribution < -0.4 is 11.2 Å². The summed E-state index contributed by atoms with van der Waals surface area (Å²) in [7, 11) is 0. The fourth-order valence-electron chi connectivity index (χ4n) is 5.43. The summed E-state index contributed by atoms with van der Waals surface area (Å²) in [6, 6.07) is 7.82. The Kier molecular flexibility index (Phi) is 5.99. The molecule has 6 nitrogen and oxygen atoms in total. The molecule has 1 saturated heterocycles. The first-order valence-corrected chi connectivity index (χ1v) is 13.0. The molecule has 1 amide bonds. The molecule has 0 bridgehead atoms. The van der Waals surface area contributed by atoms with Gasteiger partial charge in [-0.2, -0.15) is 0 Å². The second kappa shape index (κ2) is 8.93. The first-order valence-electron chi connectivity index (χ1n) is 12.2. The van der Waals surface area contributed by atoms with Crippen LogP contribution in [0, 0.1) is 0 Å². The summed E-state index contributed by atoms with van der Waals surface area (Å²) in [6.45, 7) is 4.92. The molecule has 2 aromatic heterocycles. The van der Waals surface area contributed by atoms with E-state index in [1.165, 1.54) is 20.8 Å². The monoisotopic (exact) mass is 465 g/mol. The Morgan fingerprint density at radius 1 is 1.06 bits per heavy atom. The van der Waals surface area contributed by atoms with Crippen molar-refractivity contribution in [3.8, 4) is 5.69 Å². The summed E-state index contributed by atoms with van der Waals surface area (Å²) in [6.07, 6.45) is 7.80. The minimum absolute atomic E-state index is 0.0153. The van der Waals surface area contributed by atoms with Crippen LogP contribution in [0.3, 0.4) is 0 Å². The minimum atomic E-state index is -0.421. The number of rotatable bonds is 5. The van der Waals surface area contributed by atoms with E-state index in [1.807, 2.05) is 29.2 Å². The molecule has 5 rings (SSSR count). The van der Waals surface area contributed by atoms with E-state index in [2.05, 4.69) is 13.8 Å². The number of benzene rings is 1. The van der Waals surface area contributed by atoms with Crippen molar-refractivity contribution in [1.29, 1.82) is 0 Å². The van der Waals surface area contributed by atoms with Crippen LogP contribution >= 0.6 is 11.3 Å². The molecular weight excluding hydrogens is 434 g/mol. The maximum absolute atomic E-state index is 13.7. The number of hydrogen-bond acceptors (Lipinski definition) is 4. The Balaban J connectivity index is 1.67. The molecule has 0 unspecified atom stereocenters. The van der Waals surface area contributed by atoms with Gasteiger partial charge in [0.2, 0.25) is 5.91 Å². The molecule has 1 aliphatic carbocycles. The van der Waals surface area contributed by atoms with Gasteiger partial charge < -0.3 is 4.90 Å². The van der Waals surface area contributed by atoms with Gasteiger partial charge in [-0.3, -0.25) is 14.2 Å². The topological polar surface area (TPSA) is 64.3 Å². The number of thiophene rings is 1. The highest BCUT2D eigenvalue weighted by molar-refractivity contribution is 7.19. The van der Waals surface area contributed by atoms with Crippen LogP contribution in [0.2, 0.25) is 0 Å². The van der Waals surface area contributed by atoms with Crippen molar-refractivity contribution >= 4 is 27.5 Å². The van der Waals surface area contributed by atoms with Gasteiger partial charge in [-0.25, -0.2) is 9.36 Å². The molecule has 0 spiro atoms. The number of nitrogens with zero attached hydrogens (tertiary/aromatic N) is 3. The van der Waals surface area contributed by atoms with Crippen LogP contribution in [-0.4, -0.2) is 32.5 Å². The van der Waals surface area contributed by atoms with Crippen molar-refractivity contribution in [3.05, 3.63) is 61.1 Å². The number of piperidine rings is 1. The van der Waals surface area contributed by atoms with E-state index in [0.717, 1.165) is 69.0 Å². The lowest BCUT2D eigenvalue weighted by atomic mass is 10.00. The average Bonchev–Trinajstić information content (AvgIpc) is 3.43. The van der Waals surface area contributed by atoms with Crippen molar-refractivity contribution in [3.63, 3.8) is 0 Å². The Morgan fingerprint density at radius 3 is 2.58 bits per heavy atom. The Hall–Kier alpha value is -2.67. The molecule has 0 radical (unpaired) electrons. The largest absolute Gasteiger partial charge is 0.338 e. The van der Waals surface area contributed by atoms with Crippen molar-refractivity contribution in [2.24, 2.45) is 0 Å². The molecule has 7 heteroatoms. The van der Waals surface area contributed by atoms with Crippen LogP contribution in [0.25, 0.3) is 15.9 Å². The quantitative estimate of drug-likeness (QED) is 0.571. The van der Waals surface area contributed by atoms with E-state index in [0.29, 0.717) is 15.9 Å². The highest BCUT2D eigenvalue weighted by Crippen LogP contribution is 2.35. The van der Waals surface area contributed by atoms with Gasteiger partial charge in [-0.15, -0.1) is 11.3 Å². The lowest BCUT2D eigenvalue weighted by Crippen LogP contribution is -2.47. The molecule has 2 aliphatic rings. The standard InChI is InChI=1S/C26H31N3O3S/c1-3-17-11-13-19(14-12-17)29-24(31)23-20-9-7-10-21(20)33-25(23)28(26(29)32)16-22(30)27-15-6-5-8-18(27)4-2/h11-14,18H,3-10,15-16H2,1-2H3/t18-/m1/s1. The van der Waals surface area contributed by atoms with Crippen molar-refractivity contribution < 1.29 is 4.79 Å². The highest BCUT2D eigenvalue weighted by atomic mass is 32.1. The average molecular weight is 466 g/mol. The number of carbonyl (C=O) groups excluding carboxylic acids is 1. The zero-order valence-electron chi connectivity index (χ0n) is 19.4. The predicted molar refractivity (Wildman–Crippen MR) is 133 cm³/mol. The summed E-state index contributed by atoms with van der Waals surface area (Å²) >= 11 is 1.53. The summed E-state index contributed by atoms with van der Waals surface area (Å²) < 4.78 is 2.84. The number of likely N-dealkylation sites (tertiary alicyclic amines) is 1. The number of carbonyl (C=O) groups is 1. The van der Waals surface area contributed by atoms with E-state index in [9.17, 15) is 14.4 Å². The number of fused-ring (bicyclic) bond motifs is 3. The fourth-order valence-corrected chi connectivity index (χ4v) is 6.81. The van der Waals surface area contributed by atoms with Crippen molar-refractivity contribution in [1.82, 2.24) is 14.0 Å². The van der Waals surface area contributed by atoms with Crippen LogP contribution in [0.1, 0.15) is 62.0 Å². The van der Waals surface area contributed by atoms with Gasteiger partial charge in [0.1, 0.15) is 11.4 Å². The molecule has 1 fully saturated rings. The first-order chi connectivity index (χ1) is 16.0. The summed E-state index contributed by atoms with van der Waals surface area (Å²) in [5.74, 6) is -0.0231. The Morgan fingerprint density at radius 2 is 1.85 bits per heavy atom. The zero-order valence-corrected chi connectivity index (χ0v) is 20.2. The Bertz CT molecular complexity index is 1320. The van der Waals surface area contributed by atoms with Gasteiger partial charge in [0, 0.05) is 17.5 Å². The number of aromatic nitrogens is 2. The maximum atomic E-state index is 13.7. The van der Waals surface area contributed by atoms with Crippen LogP contribution in [0.5, 0.6) is 0 Å². The van der Waals surface area contributed by atoms with Gasteiger partial charge >= 0.3 is 5.69 Å². The zero-order chi connectivity index (χ0) is 23.1. The van der Waals surface area contributed by atoms with E-state index in [-0.39, 0.29) is 24.1 Å². The predicted octanol–water partition coefficient (Wildman–Crippen LogP) is 4.06. The smallest absolute Gasteiger partial charge is 0.337 e. The van der Waals surface area contributed by atoms with E-state index >= 15 is 0 Å². The summed E-state index contributed by atoms with van der Waals surface area (Å²) in [4.78, 5) is 44.5. The van der Waals surface area contributed by atoms with E-state index in [4.69, 9.17) is 0 Å². The van der Waals surface area contributed by atoms with Crippen LogP contribution in [0.4, 0.5) is 0 Å². The number of amides is 1. The molecule has 1 atom stereocenters. The second-order valence-electron chi connectivity index (χ2n) is 9.21. The minimum Gasteiger partial charge on any atom is -0.338 e. The van der Waals surface area contributed by atoms with E-state index < -0.39 is 5.69 Å². The van der Waals surface area contributed by atoms with Crippen LogP contribution in [0.15, 0.2) is 33.9 Å². The highest BCUT2D eigenvalue weighted by Gasteiger charge is 2.29.